The van der Waals surface area contributed by atoms with Crippen LogP contribution in [0.5, 0.6) is 0 Å². The van der Waals surface area contributed by atoms with E-state index in [0.29, 0.717) is 28.1 Å². The van der Waals surface area contributed by atoms with Gasteiger partial charge in [-0.2, -0.15) is 5.26 Å². The third-order valence-corrected chi connectivity index (χ3v) is 7.53. The van der Waals surface area contributed by atoms with Gasteiger partial charge in [0.1, 0.15) is 16.9 Å². The highest BCUT2D eigenvalue weighted by Gasteiger charge is 2.24. The summed E-state index contributed by atoms with van der Waals surface area (Å²) < 4.78 is 1.93. The van der Waals surface area contributed by atoms with E-state index in [9.17, 15) is 10.1 Å². The smallest absolute Gasteiger partial charge is 0.235 e. The van der Waals surface area contributed by atoms with Crippen LogP contribution in [-0.4, -0.2) is 26.4 Å². The SMILES string of the molecule is C[C@@H]1CCc2c(sc(NC(=O)CSc3nnc(Cc4ccccc4)n3C)c2C#N)C1. The summed E-state index contributed by atoms with van der Waals surface area (Å²) in [6, 6.07) is 12.4. The van der Waals surface area contributed by atoms with Gasteiger partial charge in [-0.05, 0) is 36.3 Å². The molecule has 1 aliphatic rings. The van der Waals surface area contributed by atoms with Crippen molar-refractivity contribution >= 4 is 34.0 Å². The molecule has 0 saturated carbocycles. The van der Waals surface area contributed by atoms with Crippen molar-refractivity contribution in [1.29, 1.82) is 5.26 Å². The number of aromatic nitrogens is 3. The fourth-order valence-corrected chi connectivity index (χ4v) is 5.76. The zero-order chi connectivity index (χ0) is 21.1. The van der Waals surface area contributed by atoms with Crippen LogP contribution >= 0.6 is 23.1 Å². The van der Waals surface area contributed by atoms with E-state index in [1.54, 1.807) is 11.3 Å². The molecule has 30 heavy (non-hydrogen) atoms. The number of rotatable bonds is 6. The Bertz CT molecular complexity index is 1100. The van der Waals surface area contributed by atoms with Crippen LogP contribution in [0, 0.1) is 17.2 Å². The number of nitrogens with zero attached hydrogens (tertiary/aromatic N) is 4. The number of anilines is 1. The molecule has 1 aliphatic carbocycles. The highest BCUT2D eigenvalue weighted by Crippen LogP contribution is 2.39. The van der Waals surface area contributed by atoms with Gasteiger partial charge in [-0.3, -0.25) is 4.79 Å². The third kappa shape index (κ3) is 4.42. The third-order valence-electron chi connectivity index (χ3n) is 5.34. The van der Waals surface area contributed by atoms with Gasteiger partial charge in [-0.25, -0.2) is 0 Å². The lowest BCUT2D eigenvalue weighted by Gasteiger charge is -2.17. The molecule has 0 unspecified atom stereocenters. The molecule has 1 amide bonds. The molecule has 1 aromatic carbocycles. The Hall–Kier alpha value is -2.63. The molecule has 154 valence electrons. The molecule has 1 atom stereocenters. The van der Waals surface area contributed by atoms with Crippen LogP contribution in [0.4, 0.5) is 5.00 Å². The number of fused-ring (bicyclic) bond motifs is 1. The number of carbonyl (C=O) groups is 1. The molecular weight excluding hydrogens is 414 g/mol. The van der Waals surface area contributed by atoms with E-state index in [2.05, 4.69) is 40.6 Å². The molecule has 0 aliphatic heterocycles. The molecule has 4 rings (SSSR count). The molecule has 1 N–H and O–H groups in total. The maximum Gasteiger partial charge on any atom is 0.235 e. The van der Waals surface area contributed by atoms with Gasteiger partial charge in [-0.1, -0.05) is 49.0 Å². The summed E-state index contributed by atoms with van der Waals surface area (Å²) in [5, 5.41) is 22.4. The zero-order valence-electron chi connectivity index (χ0n) is 17.0. The normalized spacial score (nSPS) is 15.4. The molecule has 0 radical (unpaired) electrons. The number of thioether (sulfide) groups is 1. The highest BCUT2D eigenvalue weighted by molar-refractivity contribution is 7.99. The Morgan fingerprint density at radius 1 is 1.37 bits per heavy atom. The standard InChI is InChI=1S/C22H23N5OS2/c1-14-8-9-16-17(12-23)21(30-18(16)10-14)24-20(28)13-29-22-26-25-19(27(22)2)11-15-6-4-3-5-7-15/h3-7,14H,8-11,13H2,1-2H3,(H,24,28)/t14-/m1/s1. The number of benzene rings is 1. The number of carbonyl (C=O) groups excluding carboxylic acids is 1. The molecule has 0 saturated heterocycles. The summed E-state index contributed by atoms with van der Waals surface area (Å²) in [5.74, 6) is 1.58. The largest absolute Gasteiger partial charge is 0.316 e. The van der Waals surface area contributed by atoms with Crippen LogP contribution in [0.2, 0.25) is 0 Å². The fraction of sp³-hybridized carbons (Fsp3) is 0.364. The van der Waals surface area contributed by atoms with E-state index >= 15 is 0 Å². The molecule has 8 heteroatoms. The van der Waals surface area contributed by atoms with E-state index in [-0.39, 0.29) is 11.7 Å². The lowest BCUT2D eigenvalue weighted by molar-refractivity contribution is -0.113. The zero-order valence-corrected chi connectivity index (χ0v) is 18.6. The van der Waals surface area contributed by atoms with Crippen molar-refractivity contribution in [2.75, 3.05) is 11.1 Å². The van der Waals surface area contributed by atoms with Gasteiger partial charge in [0, 0.05) is 18.3 Å². The van der Waals surface area contributed by atoms with Crippen LogP contribution in [0.1, 0.15) is 40.7 Å². The molecule has 6 nitrogen and oxygen atoms in total. The Kier molecular flexibility index (Phi) is 6.21. The van der Waals surface area contributed by atoms with E-state index in [1.807, 2.05) is 29.8 Å². The molecule has 0 spiro atoms. The number of thiophene rings is 1. The molecule has 2 heterocycles. The second-order valence-corrected chi connectivity index (χ2v) is 9.67. The van der Waals surface area contributed by atoms with Gasteiger partial charge < -0.3 is 9.88 Å². The predicted molar refractivity (Wildman–Crippen MR) is 120 cm³/mol. The van der Waals surface area contributed by atoms with Gasteiger partial charge >= 0.3 is 0 Å². The number of nitrogens with one attached hydrogen (secondary N) is 1. The van der Waals surface area contributed by atoms with E-state index in [1.165, 1.54) is 22.2 Å². The maximum atomic E-state index is 12.5. The number of nitriles is 1. The van der Waals surface area contributed by atoms with Crippen LogP contribution in [-0.2, 0) is 31.1 Å². The second-order valence-electron chi connectivity index (χ2n) is 7.62. The summed E-state index contributed by atoms with van der Waals surface area (Å²) in [6.45, 7) is 2.23. The number of hydrogen-bond acceptors (Lipinski definition) is 6. The van der Waals surface area contributed by atoms with Crippen molar-refractivity contribution in [3.8, 4) is 6.07 Å². The van der Waals surface area contributed by atoms with Gasteiger partial charge in [0.15, 0.2) is 5.16 Å². The summed E-state index contributed by atoms with van der Waals surface area (Å²) in [4.78, 5) is 13.8. The number of amides is 1. The van der Waals surface area contributed by atoms with Gasteiger partial charge in [0.05, 0.1) is 11.3 Å². The Labute approximate surface area is 184 Å². The average Bonchev–Trinajstić information content (AvgIpc) is 3.26. The van der Waals surface area contributed by atoms with Gasteiger partial charge in [-0.15, -0.1) is 21.5 Å². The van der Waals surface area contributed by atoms with Crippen LogP contribution in [0.15, 0.2) is 35.5 Å². The van der Waals surface area contributed by atoms with Crippen LogP contribution < -0.4 is 5.32 Å². The first-order chi connectivity index (χ1) is 14.5. The lowest BCUT2D eigenvalue weighted by Crippen LogP contribution is -2.14. The average molecular weight is 438 g/mol. The Morgan fingerprint density at radius 2 is 2.17 bits per heavy atom. The van der Waals surface area contributed by atoms with Crippen molar-refractivity contribution in [2.45, 2.75) is 37.8 Å². The molecular formula is C22H23N5OS2. The van der Waals surface area contributed by atoms with E-state index in [4.69, 9.17) is 0 Å². The summed E-state index contributed by atoms with van der Waals surface area (Å²) in [6.07, 6.45) is 3.70. The molecule has 0 fully saturated rings. The van der Waals surface area contributed by atoms with Crippen molar-refractivity contribution in [1.82, 2.24) is 14.8 Å². The summed E-state index contributed by atoms with van der Waals surface area (Å²) >= 11 is 2.91. The Morgan fingerprint density at radius 3 is 2.93 bits per heavy atom. The van der Waals surface area contributed by atoms with Crippen LogP contribution in [0.25, 0.3) is 0 Å². The first kappa shape index (κ1) is 20.6. The lowest BCUT2D eigenvalue weighted by atomic mass is 9.89. The monoisotopic (exact) mass is 437 g/mol. The maximum absolute atomic E-state index is 12.5. The van der Waals surface area contributed by atoms with Gasteiger partial charge in [0.2, 0.25) is 5.91 Å². The summed E-state index contributed by atoms with van der Waals surface area (Å²) in [7, 11) is 1.92. The second kappa shape index (κ2) is 9.02. The minimum Gasteiger partial charge on any atom is -0.316 e. The Balaban J connectivity index is 1.39. The molecule has 0 bridgehead atoms. The predicted octanol–water partition coefficient (Wildman–Crippen LogP) is 4.19. The quantitative estimate of drug-likeness (QED) is 0.585. The van der Waals surface area contributed by atoms with Crippen molar-refractivity contribution in [2.24, 2.45) is 13.0 Å². The van der Waals surface area contributed by atoms with Crippen molar-refractivity contribution < 1.29 is 4.79 Å². The van der Waals surface area contributed by atoms with Crippen LogP contribution in [0.3, 0.4) is 0 Å². The first-order valence-electron chi connectivity index (χ1n) is 9.94. The fourth-order valence-electron chi connectivity index (χ4n) is 3.65. The van der Waals surface area contributed by atoms with E-state index < -0.39 is 0 Å². The minimum absolute atomic E-state index is 0.129. The highest BCUT2D eigenvalue weighted by atomic mass is 32.2. The van der Waals surface area contributed by atoms with Crippen molar-refractivity contribution in [3.05, 3.63) is 57.7 Å². The van der Waals surface area contributed by atoms with E-state index in [0.717, 1.165) is 30.7 Å². The molecule has 3 aromatic rings. The summed E-state index contributed by atoms with van der Waals surface area (Å²) in [5.41, 5.74) is 2.94. The number of hydrogen-bond donors (Lipinski definition) is 1. The minimum atomic E-state index is -0.129. The van der Waals surface area contributed by atoms with Gasteiger partial charge in [0.25, 0.3) is 0 Å². The first-order valence-corrected chi connectivity index (χ1v) is 11.7. The molecule has 2 aromatic heterocycles. The van der Waals surface area contributed by atoms with Crippen molar-refractivity contribution in [3.63, 3.8) is 0 Å². The topological polar surface area (TPSA) is 83.6 Å².